The number of aliphatic hydroxyl groups excluding tert-OH is 1. The number of hydrogen-bond acceptors (Lipinski definition) is 5. The summed E-state index contributed by atoms with van der Waals surface area (Å²) in [7, 11) is 0. The molecule has 0 amide bonds. The molecule has 3 unspecified atom stereocenters. The van der Waals surface area contributed by atoms with Crippen LogP contribution in [0.1, 0.15) is 39.5 Å². The van der Waals surface area contributed by atoms with Gasteiger partial charge in [-0.2, -0.15) is 0 Å². The molecule has 0 aromatic carbocycles. The van der Waals surface area contributed by atoms with Gasteiger partial charge in [0.05, 0.1) is 6.10 Å². The fraction of sp³-hybridized carbons (Fsp3) is 0.643. The normalized spacial score (nSPS) is 24.3. The lowest BCUT2D eigenvalue weighted by Crippen LogP contribution is -2.22. The van der Waals surface area contributed by atoms with Crippen molar-refractivity contribution in [3.63, 3.8) is 0 Å². The maximum atomic E-state index is 11.3. The molecule has 1 N–H and O–H groups in total. The third-order valence-corrected chi connectivity index (χ3v) is 3.39. The SMILES string of the molecule is C=C(C)C(=O)OC(CCC1CC=C(C)C(O)C1)N=O. The van der Waals surface area contributed by atoms with Gasteiger partial charge in [-0.15, -0.1) is 4.91 Å². The molecule has 0 saturated heterocycles. The summed E-state index contributed by atoms with van der Waals surface area (Å²) in [4.78, 5) is 21.9. The van der Waals surface area contributed by atoms with E-state index in [-0.39, 0.29) is 5.57 Å². The number of esters is 1. The molecule has 0 saturated carbocycles. The van der Waals surface area contributed by atoms with Crippen LogP contribution < -0.4 is 0 Å². The van der Waals surface area contributed by atoms with E-state index in [2.05, 4.69) is 11.8 Å². The molecule has 19 heavy (non-hydrogen) atoms. The van der Waals surface area contributed by atoms with Gasteiger partial charge in [-0.3, -0.25) is 0 Å². The number of hydrogen-bond donors (Lipinski definition) is 1. The summed E-state index contributed by atoms with van der Waals surface area (Å²) >= 11 is 0. The van der Waals surface area contributed by atoms with Crippen LogP contribution in [-0.2, 0) is 9.53 Å². The zero-order valence-electron chi connectivity index (χ0n) is 11.5. The molecule has 0 heterocycles. The van der Waals surface area contributed by atoms with Crippen LogP contribution in [-0.4, -0.2) is 23.4 Å². The van der Waals surface area contributed by atoms with E-state index >= 15 is 0 Å². The van der Waals surface area contributed by atoms with Crippen molar-refractivity contribution in [1.29, 1.82) is 0 Å². The standard InChI is InChI=1S/C14H21NO4/c1-9(2)14(17)19-13(15-18)7-6-11-5-4-10(3)12(16)8-11/h4,11-13,16H,1,5-8H2,2-3H3. The Bertz CT molecular complexity index is 389. The lowest BCUT2D eigenvalue weighted by molar-refractivity contribution is -0.144. The quantitative estimate of drug-likeness (QED) is 0.347. The molecule has 5 heteroatoms. The predicted molar refractivity (Wildman–Crippen MR) is 72.2 cm³/mol. The highest BCUT2D eigenvalue weighted by molar-refractivity contribution is 5.87. The number of rotatable bonds is 6. The topological polar surface area (TPSA) is 76.0 Å². The summed E-state index contributed by atoms with van der Waals surface area (Å²) in [6.45, 7) is 6.88. The summed E-state index contributed by atoms with van der Waals surface area (Å²) < 4.78 is 4.90. The highest BCUT2D eigenvalue weighted by Gasteiger charge is 2.22. The van der Waals surface area contributed by atoms with Crippen molar-refractivity contribution in [2.45, 2.75) is 51.9 Å². The zero-order chi connectivity index (χ0) is 14.4. The van der Waals surface area contributed by atoms with Gasteiger partial charge < -0.3 is 9.84 Å². The Labute approximate surface area is 113 Å². The van der Waals surface area contributed by atoms with E-state index in [1.807, 2.05) is 13.0 Å². The van der Waals surface area contributed by atoms with Crippen molar-refractivity contribution < 1.29 is 14.6 Å². The van der Waals surface area contributed by atoms with Gasteiger partial charge in [0, 0.05) is 12.0 Å². The van der Waals surface area contributed by atoms with E-state index in [0.29, 0.717) is 25.2 Å². The number of carbonyl (C=O) groups excluding carboxylic acids is 1. The van der Waals surface area contributed by atoms with Gasteiger partial charge in [0.25, 0.3) is 0 Å². The van der Waals surface area contributed by atoms with Gasteiger partial charge >= 0.3 is 5.97 Å². The van der Waals surface area contributed by atoms with Crippen molar-refractivity contribution in [1.82, 2.24) is 0 Å². The number of ether oxygens (including phenoxy) is 1. The second-order valence-electron chi connectivity index (χ2n) is 5.12. The third-order valence-electron chi connectivity index (χ3n) is 3.39. The summed E-state index contributed by atoms with van der Waals surface area (Å²) in [6.07, 6.45) is 3.29. The smallest absolute Gasteiger partial charge is 0.335 e. The van der Waals surface area contributed by atoms with Crippen molar-refractivity contribution in [2.24, 2.45) is 11.1 Å². The highest BCUT2D eigenvalue weighted by Crippen LogP contribution is 2.28. The van der Waals surface area contributed by atoms with Gasteiger partial charge in [0.2, 0.25) is 6.23 Å². The van der Waals surface area contributed by atoms with Gasteiger partial charge in [-0.1, -0.05) is 12.7 Å². The Morgan fingerprint density at radius 3 is 2.89 bits per heavy atom. The van der Waals surface area contributed by atoms with Crippen LogP contribution in [0.5, 0.6) is 0 Å². The maximum absolute atomic E-state index is 11.3. The van der Waals surface area contributed by atoms with E-state index < -0.39 is 18.3 Å². The lowest BCUT2D eigenvalue weighted by Gasteiger charge is -2.25. The van der Waals surface area contributed by atoms with Crippen molar-refractivity contribution in [2.75, 3.05) is 0 Å². The van der Waals surface area contributed by atoms with Crippen LogP contribution in [0.3, 0.4) is 0 Å². The van der Waals surface area contributed by atoms with Crippen LogP contribution in [0.4, 0.5) is 0 Å². The lowest BCUT2D eigenvalue weighted by atomic mass is 9.85. The Balaban J connectivity index is 2.40. The van der Waals surface area contributed by atoms with Crippen LogP contribution in [0.25, 0.3) is 0 Å². The van der Waals surface area contributed by atoms with E-state index in [0.717, 1.165) is 12.0 Å². The molecule has 0 radical (unpaired) electrons. The van der Waals surface area contributed by atoms with Gasteiger partial charge in [-0.05, 0) is 49.8 Å². The van der Waals surface area contributed by atoms with Crippen LogP contribution in [0.2, 0.25) is 0 Å². The first-order valence-corrected chi connectivity index (χ1v) is 6.47. The first-order valence-electron chi connectivity index (χ1n) is 6.47. The molecule has 1 aliphatic carbocycles. The van der Waals surface area contributed by atoms with E-state index in [4.69, 9.17) is 4.74 Å². The fourth-order valence-corrected chi connectivity index (χ4v) is 2.06. The van der Waals surface area contributed by atoms with E-state index in [9.17, 15) is 14.8 Å². The van der Waals surface area contributed by atoms with Crippen molar-refractivity contribution >= 4 is 5.97 Å². The largest absolute Gasteiger partial charge is 0.433 e. The molecule has 0 spiro atoms. The molecule has 0 aliphatic heterocycles. The number of aliphatic hydroxyl groups is 1. The minimum absolute atomic E-state index is 0.250. The van der Waals surface area contributed by atoms with Gasteiger partial charge in [0.15, 0.2) is 0 Å². The first-order chi connectivity index (χ1) is 8.93. The highest BCUT2D eigenvalue weighted by atomic mass is 16.6. The molecule has 1 aliphatic rings. The third kappa shape index (κ3) is 4.95. The Kier molecular flexibility index (Phi) is 5.89. The maximum Gasteiger partial charge on any atom is 0.335 e. The fourth-order valence-electron chi connectivity index (χ4n) is 2.06. The molecule has 0 aromatic rings. The van der Waals surface area contributed by atoms with Crippen molar-refractivity contribution in [3.05, 3.63) is 28.7 Å². The second kappa shape index (κ2) is 7.19. The molecule has 5 nitrogen and oxygen atoms in total. The Morgan fingerprint density at radius 1 is 1.68 bits per heavy atom. The predicted octanol–water partition coefficient (Wildman–Crippen LogP) is 2.70. The summed E-state index contributed by atoms with van der Waals surface area (Å²) in [5.74, 6) is -0.296. The van der Waals surface area contributed by atoms with Gasteiger partial charge in [0.1, 0.15) is 0 Å². The molecule has 3 atom stereocenters. The number of nitroso groups, excluding NO2 is 1. The van der Waals surface area contributed by atoms with Crippen LogP contribution in [0.15, 0.2) is 29.0 Å². The minimum Gasteiger partial charge on any atom is -0.433 e. The average molecular weight is 267 g/mol. The first kappa shape index (κ1) is 15.6. The Hall–Kier alpha value is -1.49. The van der Waals surface area contributed by atoms with E-state index in [1.165, 1.54) is 6.92 Å². The van der Waals surface area contributed by atoms with Crippen LogP contribution in [0, 0.1) is 10.8 Å². The molecular weight excluding hydrogens is 246 g/mol. The molecule has 0 aromatic heterocycles. The number of nitrogens with zero attached hydrogens (tertiary/aromatic N) is 1. The molecule has 0 fully saturated rings. The number of allylic oxidation sites excluding steroid dienone is 1. The van der Waals surface area contributed by atoms with Gasteiger partial charge in [-0.25, -0.2) is 4.79 Å². The second-order valence-corrected chi connectivity index (χ2v) is 5.12. The van der Waals surface area contributed by atoms with E-state index in [1.54, 1.807) is 0 Å². The van der Waals surface area contributed by atoms with Crippen molar-refractivity contribution in [3.8, 4) is 0 Å². The zero-order valence-corrected chi connectivity index (χ0v) is 11.5. The summed E-state index contributed by atoms with van der Waals surface area (Å²) in [5.41, 5.74) is 1.25. The number of carbonyl (C=O) groups is 1. The minimum atomic E-state index is -0.964. The Morgan fingerprint density at radius 2 is 2.37 bits per heavy atom. The molecule has 0 bridgehead atoms. The van der Waals surface area contributed by atoms with Crippen LogP contribution >= 0.6 is 0 Å². The molecule has 1 rings (SSSR count). The monoisotopic (exact) mass is 267 g/mol. The molecule has 106 valence electrons. The average Bonchev–Trinajstić information content (AvgIpc) is 2.37. The summed E-state index contributed by atoms with van der Waals surface area (Å²) in [6, 6.07) is 0. The molecular formula is C14H21NO4. The summed E-state index contributed by atoms with van der Waals surface area (Å²) in [5, 5.41) is 12.6.